The fourth-order valence-electron chi connectivity index (χ4n) is 1.61. The Morgan fingerprint density at radius 3 is 2.83 bits per heavy atom. The van der Waals surface area contributed by atoms with Crippen LogP contribution in [-0.2, 0) is 6.42 Å². The van der Waals surface area contributed by atoms with Gasteiger partial charge in [0.25, 0.3) is 0 Å². The molecule has 0 fully saturated rings. The minimum Gasteiger partial charge on any atom is -0.236 e. The molecule has 18 heavy (non-hydrogen) atoms. The van der Waals surface area contributed by atoms with Crippen molar-refractivity contribution in [3.05, 3.63) is 39.2 Å². The van der Waals surface area contributed by atoms with Crippen molar-refractivity contribution in [3.8, 4) is 11.9 Å². The second-order valence-electron chi connectivity index (χ2n) is 3.72. The minimum atomic E-state index is 0.316. The third kappa shape index (κ3) is 2.40. The zero-order valence-corrected chi connectivity index (χ0v) is 12.0. The highest BCUT2D eigenvalue weighted by Gasteiger charge is 2.17. The first kappa shape index (κ1) is 13.1. The smallest absolute Gasteiger partial charge is 0.155 e. The van der Waals surface area contributed by atoms with Crippen LogP contribution in [0.2, 0.25) is 5.15 Å². The van der Waals surface area contributed by atoms with Gasteiger partial charge >= 0.3 is 0 Å². The van der Waals surface area contributed by atoms with Crippen molar-refractivity contribution in [1.29, 1.82) is 5.26 Å². The normalized spacial score (nSPS) is 10.3. The molecule has 0 aliphatic rings. The van der Waals surface area contributed by atoms with E-state index in [9.17, 15) is 0 Å². The molecule has 0 N–H and O–H groups in total. The summed E-state index contributed by atoms with van der Waals surface area (Å²) in [7, 11) is 0. The summed E-state index contributed by atoms with van der Waals surface area (Å²) in [5, 5.41) is 13.8. The third-order valence-electron chi connectivity index (χ3n) is 2.43. The SMILES string of the molecule is CCCc1nn(-c2ccc(Br)cn2)c(Cl)c1C#N. The predicted molar refractivity (Wildman–Crippen MR) is 72.8 cm³/mol. The zero-order valence-electron chi connectivity index (χ0n) is 9.69. The molecule has 0 aliphatic heterocycles. The monoisotopic (exact) mass is 324 g/mol. The molecule has 6 heteroatoms. The molecule has 0 saturated carbocycles. The Hall–Kier alpha value is -1.38. The number of rotatable bonds is 3. The van der Waals surface area contributed by atoms with E-state index >= 15 is 0 Å². The Labute approximate surface area is 118 Å². The van der Waals surface area contributed by atoms with Crippen molar-refractivity contribution in [2.45, 2.75) is 19.8 Å². The molecule has 0 spiro atoms. The van der Waals surface area contributed by atoms with Crippen LogP contribution in [-0.4, -0.2) is 14.8 Å². The van der Waals surface area contributed by atoms with Gasteiger partial charge in [-0.1, -0.05) is 24.9 Å². The standard InChI is InChI=1S/C12H10BrClN4/c1-2-3-10-9(6-15)12(14)18(17-10)11-5-4-8(13)7-16-11/h4-5,7H,2-3H2,1H3. The number of aromatic nitrogens is 3. The van der Waals surface area contributed by atoms with E-state index < -0.39 is 0 Å². The van der Waals surface area contributed by atoms with Crippen molar-refractivity contribution < 1.29 is 0 Å². The van der Waals surface area contributed by atoms with Crippen LogP contribution < -0.4 is 0 Å². The first-order valence-electron chi connectivity index (χ1n) is 5.46. The molecule has 92 valence electrons. The second kappa shape index (κ2) is 5.51. The van der Waals surface area contributed by atoms with Crippen molar-refractivity contribution in [2.24, 2.45) is 0 Å². The average Bonchev–Trinajstić information content (AvgIpc) is 2.67. The number of nitrogens with zero attached hydrogens (tertiary/aromatic N) is 4. The summed E-state index contributed by atoms with van der Waals surface area (Å²) in [5.41, 5.74) is 1.15. The average molecular weight is 326 g/mol. The van der Waals surface area contributed by atoms with Gasteiger partial charge in [0.1, 0.15) is 11.6 Å². The molecule has 0 unspecified atom stereocenters. The molecule has 0 bridgehead atoms. The lowest BCUT2D eigenvalue weighted by Crippen LogP contribution is -2.00. The van der Waals surface area contributed by atoms with Crippen molar-refractivity contribution in [3.63, 3.8) is 0 Å². The lowest BCUT2D eigenvalue weighted by molar-refractivity contribution is 0.790. The molecule has 0 radical (unpaired) electrons. The van der Waals surface area contributed by atoms with E-state index in [1.807, 2.05) is 13.0 Å². The molecule has 0 atom stereocenters. The van der Waals surface area contributed by atoms with Gasteiger partial charge in [0.2, 0.25) is 0 Å². The zero-order chi connectivity index (χ0) is 13.1. The van der Waals surface area contributed by atoms with Gasteiger partial charge < -0.3 is 0 Å². The maximum absolute atomic E-state index is 9.11. The molecule has 4 nitrogen and oxygen atoms in total. The number of halogens is 2. The van der Waals surface area contributed by atoms with Gasteiger partial charge in [-0.05, 0) is 34.5 Å². The Morgan fingerprint density at radius 2 is 2.28 bits per heavy atom. The number of aryl methyl sites for hydroxylation is 1. The summed E-state index contributed by atoms with van der Waals surface area (Å²) in [5.74, 6) is 0.599. The largest absolute Gasteiger partial charge is 0.236 e. The van der Waals surface area contributed by atoms with Crippen LogP contribution in [0.1, 0.15) is 24.6 Å². The molecule has 2 heterocycles. The van der Waals surface area contributed by atoms with Crippen LogP contribution in [0.4, 0.5) is 0 Å². The van der Waals surface area contributed by atoms with Gasteiger partial charge in [-0.15, -0.1) is 0 Å². The van der Waals surface area contributed by atoms with Crippen molar-refractivity contribution in [1.82, 2.24) is 14.8 Å². The van der Waals surface area contributed by atoms with Gasteiger partial charge in [-0.3, -0.25) is 0 Å². The highest BCUT2D eigenvalue weighted by molar-refractivity contribution is 9.10. The van der Waals surface area contributed by atoms with E-state index in [4.69, 9.17) is 16.9 Å². The van der Waals surface area contributed by atoms with E-state index in [0.717, 1.165) is 23.0 Å². The highest BCUT2D eigenvalue weighted by atomic mass is 79.9. The third-order valence-corrected chi connectivity index (χ3v) is 3.25. The predicted octanol–water partition coefficient (Wildman–Crippen LogP) is 3.51. The number of pyridine rings is 1. The van der Waals surface area contributed by atoms with E-state index in [0.29, 0.717) is 16.5 Å². The lowest BCUT2D eigenvalue weighted by Gasteiger charge is -2.01. The van der Waals surface area contributed by atoms with Crippen molar-refractivity contribution >= 4 is 27.5 Å². The summed E-state index contributed by atoms with van der Waals surface area (Å²) in [4.78, 5) is 4.22. The highest BCUT2D eigenvalue weighted by Crippen LogP contribution is 2.23. The van der Waals surface area contributed by atoms with Crippen LogP contribution in [0.25, 0.3) is 5.82 Å². The summed E-state index contributed by atoms with van der Waals surface area (Å²) >= 11 is 9.48. The van der Waals surface area contributed by atoms with E-state index in [1.54, 1.807) is 12.3 Å². The van der Waals surface area contributed by atoms with Crippen LogP contribution in [0.5, 0.6) is 0 Å². The summed E-state index contributed by atoms with van der Waals surface area (Å²) in [6.45, 7) is 2.03. The fourth-order valence-corrected chi connectivity index (χ4v) is 2.12. The molecule has 0 aromatic carbocycles. The van der Waals surface area contributed by atoms with Gasteiger partial charge in [0.15, 0.2) is 11.0 Å². The van der Waals surface area contributed by atoms with E-state index in [1.165, 1.54) is 4.68 Å². The van der Waals surface area contributed by atoms with Crippen LogP contribution in [0, 0.1) is 11.3 Å². The first-order chi connectivity index (χ1) is 8.67. The fraction of sp³-hybridized carbons (Fsp3) is 0.250. The number of hydrogen-bond donors (Lipinski definition) is 0. The Bertz CT molecular complexity index is 598. The lowest BCUT2D eigenvalue weighted by atomic mass is 10.2. The van der Waals surface area contributed by atoms with E-state index in [-0.39, 0.29) is 0 Å². The molecule has 0 aliphatic carbocycles. The van der Waals surface area contributed by atoms with Crippen molar-refractivity contribution in [2.75, 3.05) is 0 Å². The quantitative estimate of drug-likeness (QED) is 0.867. The Kier molecular flexibility index (Phi) is 4.00. The molecule has 2 rings (SSSR count). The number of nitriles is 1. The van der Waals surface area contributed by atoms with E-state index in [2.05, 4.69) is 32.1 Å². The Balaban J connectivity index is 2.52. The maximum atomic E-state index is 9.11. The molecule has 0 saturated heterocycles. The minimum absolute atomic E-state index is 0.316. The van der Waals surface area contributed by atoms with Gasteiger partial charge in [0.05, 0.1) is 5.69 Å². The summed E-state index contributed by atoms with van der Waals surface area (Å²) in [6, 6.07) is 5.74. The Morgan fingerprint density at radius 1 is 1.50 bits per heavy atom. The topological polar surface area (TPSA) is 54.5 Å². The second-order valence-corrected chi connectivity index (χ2v) is 4.99. The molecular weight excluding hydrogens is 316 g/mol. The molecular formula is C12H10BrClN4. The van der Waals surface area contributed by atoms with Gasteiger partial charge in [-0.25, -0.2) is 9.67 Å². The van der Waals surface area contributed by atoms with Crippen LogP contribution in [0.3, 0.4) is 0 Å². The van der Waals surface area contributed by atoms with Crippen LogP contribution in [0.15, 0.2) is 22.8 Å². The summed E-state index contributed by atoms with van der Waals surface area (Å²) < 4.78 is 2.38. The molecule has 2 aromatic rings. The maximum Gasteiger partial charge on any atom is 0.155 e. The van der Waals surface area contributed by atoms with Crippen LogP contribution >= 0.6 is 27.5 Å². The molecule has 2 aromatic heterocycles. The summed E-state index contributed by atoms with van der Waals surface area (Å²) in [6.07, 6.45) is 3.31. The van der Waals surface area contributed by atoms with Gasteiger partial charge in [-0.2, -0.15) is 10.4 Å². The van der Waals surface area contributed by atoms with Gasteiger partial charge in [0, 0.05) is 10.7 Å². The molecule has 0 amide bonds. The number of hydrogen-bond acceptors (Lipinski definition) is 3. The first-order valence-corrected chi connectivity index (χ1v) is 6.64.